The van der Waals surface area contributed by atoms with Crippen LogP contribution < -0.4 is 5.73 Å². The lowest BCUT2D eigenvalue weighted by Crippen LogP contribution is -2.35. The predicted molar refractivity (Wildman–Crippen MR) is 69.9 cm³/mol. The number of carbonyl (C=O) groups excluding carboxylic acids is 1. The first-order valence-corrected chi connectivity index (χ1v) is 6.24. The Hall–Kier alpha value is -1.27. The highest BCUT2D eigenvalue weighted by molar-refractivity contribution is 8.00. The number of carboxylic acid groups (broad SMARTS) is 1. The summed E-state index contributed by atoms with van der Waals surface area (Å²) in [5.74, 6) is -0.703. The minimum Gasteiger partial charge on any atom is -0.480 e. The molecule has 17 heavy (non-hydrogen) atoms. The third kappa shape index (κ3) is 6.80. The molecule has 0 aromatic carbocycles. The lowest BCUT2D eigenvalue weighted by molar-refractivity contribution is -0.138. The van der Waals surface area contributed by atoms with E-state index in [0.717, 1.165) is 0 Å². The van der Waals surface area contributed by atoms with Crippen molar-refractivity contribution < 1.29 is 14.7 Å². The standard InChI is InChI=1S/C11H18N2O3S/c1-3-5-13(6-4-2)10(14)8-17-7-9(12)11(15)16/h3-4,9H,1-2,5-8,12H2,(H,15,16). The van der Waals surface area contributed by atoms with E-state index in [2.05, 4.69) is 13.2 Å². The maximum absolute atomic E-state index is 11.7. The first-order chi connectivity index (χ1) is 8.02. The molecule has 1 unspecified atom stereocenters. The van der Waals surface area contributed by atoms with Crippen molar-refractivity contribution in [2.24, 2.45) is 5.73 Å². The average Bonchev–Trinajstić information content (AvgIpc) is 2.28. The Morgan fingerprint density at radius 1 is 1.35 bits per heavy atom. The Balaban J connectivity index is 4.00. The van der Waals surface area contributed by atoms with Crippen molar-refractivity contribution in [3.05, 3.63) is 25.3 Å². The number of nitrogens with two attached hydrogens (primary N) is 1. The molecule has 0 spiro atoms. The van der Waals surface area contributed by atoms with Gasteiger partial charge in [0, 0.05) is 18.8 Å². The van der Waals surface area contributed by atoms with E-state index >= 15 is 0 Å². The van der Waals surface area contributed by atoms with Gasteiger partial charge in [-0.15, -0.1) is 24.9 Å². The fraction of sp³-hybridized carbons (Fsp3) is 0.455. The molecule has 0 aliphatic rings. The van der Waals surface area contributed by atoms with Crippen molar-refractivity contribution in [1.29, 1.82) is 0 Å². The highest BCUT2D eigenvalue weighted by Crippen LogP contribution is 2.05. The molecule has 0 aromatic heterocycles. The monoisotopic (exact) mass is 258 g/mol. The van der Waals surface area contributed by atoms with Gasteiger partial charge < -0.3 is 15.7 Å². The van der Waals surface area contributed by atoms with Crippen molar-refractivity contribution in [2.45, 2.75) is 6.04 Å². The highest BCUT2D eigenvalue weighted by atomic mass is 32.2. The second-order valence-corrected chi connectivity index (χ2v) is 4.37. The molecular formula is C11H18N2O3S. The molecule has 6 heteroatoms. The zero-order chi connectivity index (χ0) is 13.3. The second kappa shape index (κ2) is 8.83. The summed E-state index contributed by atoms with van der Waals surface area (Å²) in [5, 5.41) is 8.56. The lowest BCUT2D eigenvalue weighted by atomic mass is 10.4. The van der Waals surface area contributed by atoms with E-state index < -0.39 is 12.0 Å². The first kappa shape index (κ1) is 15.7. The maximum Gasteiger partial charge on any atom is 0.321 e. The van der Waals surface area contributed by atoms with Crippen LogP contribution in [0.5, 0.6) is 0 Å². The minimum atomic E-state index is -1.06. The smallest absolute Gasteiger partial charge is 0.321 e. The molecule has 5 nitrogen and oxygen atoms in total. The molecule has 0 radical (unpaired) electrons. The van der Waals surface area contributed by atoms with Crippen molar-refractivity contribution >= 4 is 23.6 Å². The largest absolute Gasteiger partial charge is 0.480 e. The van der Waals surface area contributed by atoms with E-state index in [0.29, 0.717) is 13.1 Å². The normalized spacial score (nSPS) is 11.6. The van der Waals surface area contributed by atoms with Gasteiger partial charge in [0.15, 0.2) is 0 Å². The molecule has 3 N–H and O–H groups in total. The fourth-order valence-corrected chi connectivity index (χ4v) is 1.90. The Kier molecular flexibility index (Phi) is 8.17. The zero-order valence-electron chi connectivity index (χ0n) is 9.67. The van der Waals surface area contributed by atoms with E-state index in [-0.39, 0.29) is 17.4 Å². The van der Waals surface area contributed by atoms with E-state index in [9.17, 15) is 9.59 Å². The van der Waals surface area contributed by atoms with Crippen LogP contribution >= 0.6 is 11.8 Å². The summed E-state index contributed by atoms with van der Waals surface area (Å²) >= 11 is 1.21. The van der Waals surface area contributed by atoms with Gasteiger partial charge in [-0.2, -0.15) is 0 Å². The number of amides is 1. The first-order valence-electron chi connectivity index (χ1n) is 5.08. The lowest BCUT2D eigenvalue weighted by Gasteiger charge is -2.19. The molecule has 1 atom stereocenters. The summed E-state index contributed by atoms with van der Waals surface area (Å²) in [5.41, 5.74) is 5.32. The number of hydrogen-bond acceptors (Lipinski definition) is 4. The van der Waals surface area contributed by atoms with Crippen LogP contribution in [-0.2, 0) is 9.59 Å². The van der Waals surface area contributed by atoms with Gasteiger partial charge in [0.25, 0.3) is 0 Å². The molecular weight excluding hydrogens is 240 g/mol. The van der Waals surface area contributed by atoms with Crippen LogP contribution in [0.3, 0.4) is 0 Å². The van der Waals surface area contributed by atoms with Crippen molar-refractivity contribution in [1.82, 2.24) is 4.90 Å². The van der Waals surface area contributed by atoms with Crippen LogP contribution in [-0.4, -0.2) is 52.5 Å². The Bertz CT molecular complexity index is 284. The van der Waals surface area contributed by atoms with Crippen LogP contribution in [0.1, 0.15) is 0 Å². The van der Waals surface area contributed by atoms with Gasteiger partial charge in [0.05, 0.1) is 5.75 Å². The average molecular weight is 258 g/mol. The highest BCUT2D eigenvalue weighted by Gasteiger charge is 2.14. The maximum atomic E-state index is 11.7. The van der Waals surface area contributed by atoms with Crippen LogP contribution in [0, 0.1) is 0 Å². The molecule has 0 fully saturated rings. The number of rotatable bonds is 9. The minimum absolute atomic E-state index is 0.0765. The molecule has 0 rings (SSSR count). The Labute approximate surface area is 105 Å². The topological polar surface area (TPSA) is 83.6 Å². The summed E-state index contributed by atoms with van der Waals surface area (Å²) in [6.45, 7) is 8.04. The summed E-state index contributed by atoms with van der Waals surface area (Å²) < 4.78 is 0. The van der Waals surface area contributed by atoms with Gasteiger partial charge >= 0.3 is 5.97 Å². The van der Waals surface area contributed by atoms with E-state index in [1.54, 1.807) is 17.1 Å². The molecule has 1 amide bonds. The third-order valence-corrected chi connectivity index (χ3v) is 2.94. The molecule has 0 aliphatic carbocycles. The SMILES string of the molecule is C=CCN(CC=C)C(=O)CSCC(N)C(=O)O. The molecule has 0 saturated heterocycles. The molecule has 0 aromatic rings. The van der Waals surface area contributed by atoms with Crippen LogP contribution in [0.25, 0.3) is 0 Å². The van der Waals surface area contributed by atoms with Crippen molar-refractivity contribution in [3.63, 3.8) is 0 Å². The fourth-order valence-electron chi connectivity index (χ4n) is 1.03. The van der Waals surface area contributed by atoms with E-state index in [1.807, 2.05) is 0 Å². The van der Waals surface area contributed by atoms with Crippen LogP contribution in [0.2, 0.25) is 0 Å². The number of carbonyl (C=O) groups is 2. The predicted octanol–water partition coefficient (Wildman–Crippen LogP) is 0.332. The molecule has 96 valence electrons. The van der Waals surface area contributed by atoms with E-state index in [1.165, 1.54) is 11.8 Å². The van der Waals surface area contributed by atoms with Crippen molar-refractivity contribution in [3.8, 4) is 0 Å². The van der Waals surface area contributed by atoms with Gasteiger partial charge in [-0.25, -0.2) is 0 Å². The molecule has 0 saturated carbocycles. The van der Waals surface area contributed by atoms with Gasteiger partial charge in [0.2, 0.25) is 5.91 Å². The number of aliphatic carboxylic acids is 1. The van der Waals surface area contributed by atoms with E-state index in [4.69, 9.17) is 10.8 Å². The van der Waals surface area contributed by atoms with Gasteiger partial charge in [0.1, 0.15) is 6.04 Å². The Morgan fingerprint density at radius 3 is 2.29 bits per heavy atom. The van der Waals surface area contributed by atoms with Crippen molar-refractivity contribution in [2.75, 3.05) is 24.6 Å². The van der Waals surface area contributed by atoms with Gasteiger partial charge in [-0.3, -0.25) is 9.59 Å². The molecule has 0 aliphatic heterocycles. The van der Waals surface area contributed by atoms with Crippen LogP contribution in [0.4, 0.5) is 0 Å². The third-order valence-electron chi connectivity index (χ3n) is 1.89. The zero-order valence-corrected chi connectivity index (χ0v) is 10.5. The number of hydrogen-bond donors (Lipinski definition) is 2. The number of thioether (sulfide) groups is 1. The molecule has 0 bridgehead atoms. The summed E-state index contributed by atoms with van der Waals surface area (Å²) in [7, 11) is 0. The molecule has 0 heterocycles. The van der Waals surface area contributed by atoms with Gasteiger partial charge in [-0.1, -0.05) is 12.2 Å². The Morgan fingerprint density at radius 2 is 1.88 bits per heavy atom. The number of nitrogens with zero attached hydrogens (tertiary/aromatic N) is 1. The number of carboxylic acids is 1. The van der Waals surface area contributed by atoms with Gasteiger partial charge in [-0.05, 0) is 0 Å². The summed E-state index contributed by atoms with van der Waals surface area (Å²) in [6.07, 6.45) is 3.27. The quantitative estimate of drug-likeness (QED) is 0.582. The summed E-state index contributed by atoms with van der Waals surface area (Å²) in [6, 6.07) is -0.931. The van der Waals surface area contributed by atoms with Crippen LogP contribution in [0.15, 0.2) is 25.3 Å². The summed E-state index contributed by atoms with van der Waals surface area (Å²) in [4.78, 5) is 23.7. The second-order valence-electron chi connectivity index (χ2n) is 3.34.